The van der Waals surface area contributed by atoms with Crippen LogP contribution in [-0.2, 0) is 11.2 Å². The maximum Gasteiger partial charge on any atom is 0.258 e. The standard InChI is InChI=1S/C25H22ClN5O2/c1-15-10-18(7-9-33-15)31-23(12-17-13-24(32)30-8-3-2-4-22(30)28-17)29-21-14-27-20-6-5-16(26)11-19(20)25(21)31/h2-6,8,11,13-15,18H,7,9-10,12H2,1H3/t15-,18?/m1/s1. The van der Waals surface area contributed by atoms with Gasteiger partial charge in [0.25, 0.3) is 5.56 Å². The smallest absolute Gasteiger partial charge is 0.258 e. The minimum Gasteiger partial charge on any atom is -0.378 e. The molecule has 1 aliphatic rings. The molecule has 1 saturated heterocycles. The molecule has 0 saturated carbocycles. The molecule has 1 aromatic carbocycles. The first-order valence-electron chi connectivity index (χ1n) is 11.1. The van der Waals surface area contributed by atoms with Crippen LogP contribution in [0.4, 0.5) is 0 Å². The van der Waals surface area contributed by atoms with Crippen molar-refractivity contribution in [3.63, 3.8) is 0 Å². The molecule has 1 unspecified atom stereocenters. The topological polar surface area (TPSA) is 74.3 Å². The molecule has 4 aromatic heterocycles. The number of imidazole rings is 1. The Morgan fingerprint density at radius 3 is 2.94 bits per heavy atom. The Balaban J connectivity index is 1.57. The maximum absolute atomic E-state index is 12.7. The van der Waals surface area contributed by atoms with Gasteiger partial charge in [-0.25, -0.2) is 9.97 Å². The molecule has 1 fully saturated rings. The van der Waals surface area contributed by atoms with Gasteiger partial charge in [-0.1, -0.05) is 17.7 Å². The molecular weight excluding hydrogens is 438 g/mol. The predicted octanol–water partition coefficient (Wildman–Crippen LogP) is 4.58. The monoisotopic (exact) mass is 459 g/mol. The molecule has 0 bridgehead atoms. The third-order valence-corrected chi connectivity index (χ3v) is 6.57. The Morgan fingerprint density at radius 1 is 1.15 bits per heavy atom. The van der Waals surface area contributed by atoms with E-state index in [1.807, 2.05) is 42.6 Å². The number of pyridine rings is 2. The Hall–Kier alpha value is -3.29. The fourth-order valence-corrected chi connectivity index (χ4v) is 5.05. The van der Waals surface area contributed by atoms with Crippen LogP contribution >= 0.6 is 11.6 Å². The van der Waals surface area contributed by atoms with E-state index >= 15 is 0 Å². The van der Waals surface area contributed by atoms with E-state index in [4.69, 9.17) is 26.3 Å². The molecule has 1 aliphatic heterocycles. The van der Waals surface area contributed by atoms with Crippen molar-refractivity contribution in [3.05, 3.63) is 81.8 Å². The second-order valence-electron chi connectivity index (χ2n) is 8.60. The second kappa shape index (κ2) is 7.93. The van der Waals surface area contributed by atoms with E-state index in [0.717, 1.165) is 40.6 Å². The summed E-state index contributed by atoms with van der Waals surface area (Å²) in [6, 6.07) is 13.1. The third-order valence-electron chi connectivity index (χ3n) is 6.34. The van der Waals surface area contributed by atoms with E-state index in [2.05, 4.69) is 16.5 Å². The number of rotatable bonds is 3. The molecule has 33 heavy (non-hydrogen) atoms. The van der Waals surface area contributed by atoms with E-state index in [9.17, 15) is 4.79 Å². The molecule has 6 rings (SSSR count). The molecule has 0 radical (unpaired) electrons. The number of benzene rings is 1. The number of hydrogen-bond donors (Lipinski definition) is 0. The highest BCUT2D eigenvalue weighted by Crippen LogP contribution is 2.34. The maximum atomic E-state index is 12.7. The van der Waals surface area contributed by atoms with Crippen molar-refractivity contribution in [1.29, 1.82) is 0 Å². The summed E-state index contributed by atoms with van der Waals surface area (Å²) < 4.78 is 9.68. The zero-order chi connectivity index (χ0) is 22.5. The lowest BCUT2D eigenvalue weighted by Gasteiger charge is -2.30. The number of halogens is 1. The van der Waals surface area contributed by atoms with Crippen LogP contribution in [0.25, 0.3) is 27.6 Å². The molecule has 0 aliphatic carbocycles. The van der Waals surface area contributed by atoms with Crippen LogP contribution in [0.15, 0.2) is 59.7 Å². The number of hydrogen-bond acceptors (Lipinski definition) is 5. The van der Waals surface area contributed by atoms with Gasteiger partial charge >= 0.3 is 0 Å². The summed E-state index contributed by atoms with van der Waals surface area (Å²) in [6.07, 6.45) is 5.93. The van der Waals surface area contributed by atoms with Gasteiger partial charge < -0.3 is 9.30 Å². The fraction of sp³-hybridized carbons (Fsp3) is 0.280. The fourth-order valence-electron chi connectivity index (χ4n) is 4.88. The van der Waals surface area contributed by atoms with Crippen molar-refractivity contribution in [1.82, 2.24) is 23.9 Å². The van der Waals surface area contributed by atoms with E-state index in [0.29, 0.717) is 29.4 Å². The summed E-state index contributed by atoms with van der Waals surface area (Å²) in [7, 11) is 0. The first-order valence-corrected chi connectivity index (χ1v) is 11.5. The van der Waals surface area contributed by atoms with E-state index in [1.54, 1.807) is 16.7 Å². The number of ether oxygens (including phenoxy) is 1. The van der Waals surface area contributed by atoms with Crippen molar-refractivity contribution in [2.45, 2.75) is 38.3 Å². The molecule has 5 heterocycles. The van der Waals surface area contributed by atoms with Crippen molar-refractivity contribution >= 4 is 39.2 Å². The summed E-state index contributed by atoms with van der Waals surface area (Å²) >= 11 is 6.37. The zero-order valence-electron chi connectivity index (χ0n) is 18.1. The number of aromatic nitrogens is 5. The summed E-state index contributed by atoms with van der Waals surface area (Å²) in [4.78, 5) is 27.0. The Kier molecular flexibility index (Phi) is 4.89. The van der Waals surface area contributed by atoms with E-state index < -0.39 is 0 Å². The molecule has 7 nitrogen and oxygen atoms in total. The molecule has 0 spiro atoms. The van der Waals surface area contributed by atoms with Gasteiger partial charge in [0.2, 0.25) is 0 Å². The first kappa shape index (κ1) is 20.3. The second-order valence-corrected chi connectivity index (χ2v) is 9.04. The lowest BCUT2D eigenvalue weighted by atomic mass is 10.0. The summed E-state index contributed by atoms with van der Waals surface area (Å²) in [5.41, 5.74) is 3.93. The first-order chi connectivity index (χ1) is 16.1. The van der Waals surface area contributed by atoms with Gasteiger partial charge in [-0.3, -0.25) is 14.2 Å². The van der Waals surface area contributed by atoms with Crippen molar-refractivity contribution < 1.29 is 4.74 Å². The highest BCUT2D eigenvalue weighted by atomic mass is 35.5. The molecule has 2 atom stereocenters. The average molecular weight is 460 g/mol. The van der Waals surface area contributed by atoms with Crippen molar-refractivity contribution in [2.24, 2.45) is 0 Å². The summed E-state index contributed by atoms with van der Waals surface area (Å²) in [5.74, 6) is 0.866. The van der Waals surface area contributed by atoms with Crippen LogP contribution in [0.5, 0.6) is 0 Å². The van der Waals surface area contributed by atoms with Gasteiger partial charge in [0, 0.05) is 41.7 Å². The Labute approximate surface area is 194 Å². The molecule has 166 valence electrons. The molecule has 5 aromatic rings. The van der Waals surface area contributed by atoms with Crippen LogP contribution in [-0.4, -0.2) is 36.6 Å². The van der Waals surface area contributed by atoms with Gasteiger partial charge in [0.1, 0.15) is 17.0 Å². The van der Waals surface area contributed by atoms with Gasteiger partial charge in [0.15, 0.2) is 0 Å². The van der Waals surface area contributed by atoms with Gasteiger partial charge in [-0.15, -0.1) is 0 Å². The highest BCUT2D eigenvalue weighted by Gasteiger charge is 2.26. The number of fused-ring (bicyclic) bond motifs is 4. The minimum absolute atomic E-state index is 0.100. The molecule has 0 amide bonds. The van der Waals surface area contributed by atoms with Gasteiger partial charge in [-0.05, 0) is 50.1 Å². The Bertz CT molecular complexity index is 1570. The van der Waals surface area contributed by atoms with Crippen LogP contribution in [0, 0.1) is 0 Å². The predicted molar refractivity (Wildman–Crippen MR) is 128 cm³/mol. The summed E-state index contributed by atoms with van der Waals surface area (Å²) in [6.45, 7) is 2.80. The van der Waals surface area contributed by atoms with Gasteiger partial charge in [-0.2, -0.15) is 0 Å². The zero-order valence-corrected chi connectivity index (χ0v) is 18.9. The van der Waals surface area contributed by atoms with Gasteiger partial charge in [0.05, 0.1) is 29.0 Å². The number of nitrogens with zero attached hydrogens (tertiary/aromatic N) is 5. The van der Waals surface area contributed by atoms with Crippen LogP contribution < -0.4 is 5.56 Å². The van der Waals surface area contributed by atoms with Crippen LogP contribution in [0.1, 0.15) is 37.3 Å². The quantitative estimate of drug-likeness (QED) is 0.395. The van der Waals surface area contributed by atoms with E-state index in [1.165, 1.54) is 0 Å². The minimum atomic E-state index is -0.100. The molecule has 0 N–H and O–H groups in total. The van der Waals surface area contributed by atoms with E-state index in [-0.39, 0.29) is 17.7 Å². The largest absolute Gasteiger partial charge is 0.378 e. The van der Waals surface area contributed by atoms with Crippen LogP contribution in [0.3, 0.4) is 0 Å². The Morgan fingerprint density at radius 2 is 2.06 bits per heavy atom. The lowest BCUT2D eigenvalue weighted by molar-refractivity contribution is 0.00631. The highest BCUT2D eigenvalue weighted by molar-refractivity contribution is 6.31. The summed E-state index contributed by atoms with van der Waals surface area (Å²) in [5, 5.41) is 1.64. The van der Waals surface area contributed by atoms with Crippen molar-refractivity contribution in [3.8, 4) is 0 Å². The van der Waals surface area contributed by atoms with Crippen LogP contribution in [0.2, 0.25) is 5.02 Å². The molecule has 8 heteroatoms. The SMILES string of the molecule is C[C@@H]1CC(n2c(Cc3cc(=O)n4ccccc4n3)nc3cnc4ccc(Cl)cc4c32)CCO1. The normalized spacial score (nSPS) is 19.0. The van der Waals surface area contributed by atoms with Crippen molar-refractivity contribution in [2.75, 3.05) is 6.61 Å². The third kappa shape index (κ3) is 3.57. The average Bonchev–Trinajstić information content (AvgIpc) is 3.17. The molecular formula is C25H22ClN5O2. The lowest BCUT2D eigenvalue weighted by Crippen LogP contribution is -2.27.